The van der Waals surface area contributed by atoms with E-state index < -0.39 is 5.56 Å². The molecule has 198 valence electrons. The van der Waals surface area contributed by atoms with Gasteiger partial charge in [-0.05, 0) is 50.8 Å². The molecule has 1 unspecified atom stereocenters. The summed E-state index contributed by atoms with van der Waals surface area (Å²) in [5, 5.41) is 9.74. The Morgan fingerprint density at radius 1 is 1.26 bits per heavy atom. The van der Waals surface area contributed by atoms with E-state index in [4.69, 9.17) is 17.0 Å². The van der Waals surface area contributed by atoms with Crippen molar-refractivity contribution in [1.82, 2.24) is 9.47 Å². The molecule has 4 rings (SSSR count). The third-order valence-corrected chi connectivity index (χ3v) is 8.30. The number of thiocarbonyl (C=S) groups is 1. The summed E-state index contributed by atoms with van der Waals surface area (Å²) in [4.78, 5) is 43.0. The van der Waals surface area contributed by atoms with Crippen molar-refractivity contribution in [1.29, 1.82) is 5.26 Å². The number of ether oxygens (including phenoxy) is 1. The van der Waals surface area contributed by atoms with Gasteiger partial charge in [0.1, 0.15) is 21.8 Å². The van der Waals surface area contributed by atoms with Crippen LogP contribution in [-0.2, 0) is 27.9 Å². The molecule has 1 aromatic heterocycles. The average Bonchev–Trinajstić information content (AvgIpc) is 3.16. The van der Waals surface area contributed by atoms with E-state index in [-0.39, 0.29) is 23.4 Å². The van der Waals surface area contributed by atoms with Crippen LogP contribution in [0.1, 0.15) is 47.6 Å². The Kier molecular flexibility index (Phi) is 8.38. The third-order valence-electron chi connectivity index (χ3n) is 6.92. The average molecular weight is 551 g/mol. The normalized spacial score (nSPS) is 18.7. The molecule has 1 aromatic carbocycles. The van der Waals surface area contributed by atoms with Crippen molar-refractivity contribution in [3.8, 4) is 6.07 Å². The molecule has 0 radical (unpaired) electrons. The molecule has 0 spiro atoms. The summed E-state index contributed by atoms with van der Waals surface area (Å²) in [5.74, 6) is -0.230. The minimum atomic E-state index is -0.415. The Morgan fingerprint density at radius 2 is 1.97 bits per heavy atom. The minimum absolute atomic E-state index is 0.0246. The number of hydrogen-bond acceptors (Lipinski definition) is 8. The van der Waals surface area contributed by atoms with Crippen LogP contribution < -0.4 is 10.5 Å². The van der Waals surface area contributed by atoms with E-state index in [1.165, 1.54) is 16.3 Å². The molecule has 2 aromatic rings. The first-order chi connectivity index (χ1) is 18.2. The van der Waals surface area contributed by atoms with Gasteiger partial charge in [-0.3, -0.25) is 23.9 Å². The van der Waals surface area contributed by atoms with Crippen molar-refractivity contribution < 1.29 is 14.3 Å². The van der Waals surface area contributed by atoms with Crippen molar-refractivity contribution in [3.05, 3.63) is 67.3 Å². The molecule has 38 heavy (non-hydrogen) atoms. The predicted octanol–water partition coefficient (Wildman–Crippen LogP) is 4.05. The number of aromatic nitrogens is 1. The number of piperidine rings is 1. The molecule has 2 aliphatic rings. The number of nitrogens with zero attached hydrogens (tertiary/aromatic N) is 4. The minimum Gasteiger partial charge on any atom is -0.466 e. The van der Waals surface area contributed by atoms with Crippen molar-refractivity contribution >= 4 is 52.1 Å². The SMILES string of the molecule is CCOC(=O)C1CCCN(c2c(/C=C3/SC(=S)N(Cc4ccc(C)cc4)C3=O)c(C)c(C#N)c(=O)n2C)C1. The number of hydrogen-bond donors (Lipinski definition) is 0. The van der Waals surface area contributed by atoms with Gasteiger partial charge < -0.3 is 9.64 Å². The van der Waals surface area contributed by atoms with E-state index in [2.05, 4.69) is 0 Å². The Hall–Kier alpha value is -3.42. The van der Waals surface area contributed by atoms with Crippen LogP contribution in [0.15, 0.2) is 34.0 Å². The van der Waals surface area contributed by atoms with Gasteiger partial charge in [-0.25, -0.2) is 0 Å². The monoisotopic (exact) mass is 550 g/mol. The third kappa shape index (κ3) is 5.40. The van der Waals surface area contributed by atoms with E-state index in [1.54, 1.807) is 31.9 Å². The summed E-state index contributed by atoms with van der Waals surface area (Å²) >= 11 is 6.75. The van der Waals surface area contributed by atoms with Crippen molar-refractivity contribution in [2.75, 3.05) is 24.6 Å². The summed E-state index contributed by atoms with van der Waals surface area (Å²) in [7, 11) is 1.62. The second-order valence-electron chi connectivity index (χ2n) is 9.50. The molecular weight excluding hydrogens is 520 g/mol. The van der Waals surface area contributed by atoms with Gasteiger partial charge in [0.2, 0.25) is 0 Å². The lowest BCUT2D eigenvalue weighted by atomic mass is 9.96. The van der Waals surface area contributed by atoms with E-state index in [0.29, 0.717) is 58.8 Å². The van der Waals surface area contributed by atoms with Crippen LogP contribution in [0.3, 0.4) is 0 Å². The molecule has 1 amide bonds. The zero-order valence-corrected chi connectivity index (χ0v) is 23.6. The van der Waals surface area contributed by atoms with Gasteiger partial charge in [-0.15, -0.1) is 0 Å². The zero-order valence-electron chi connectivity index (χ0n) is 21.9. The lowest BCUT2D eigenvalue weighted by Crippen LogP contribution is -2.42. The van der Waals surface area contributed by atoms with Crippen LogP contribution in [0.4, 0.5) is 5.82 Å². The van der Waals surface area contributed by atoms with Crippen LogP contribution in [0, 0.1) is 31.1 Å². The van der Waals surface area contributed by atoms with E-state index in [9.17, 15) is 19.6 Å². The molecule has 0 bridgehead atoms. The van der Waals surface area contributed by atoms with Gasteiger partial charge >= 0.3 is 5.97 Å². The molecule has 0 saturated carbocycles. The largest absolute Gasteiger partial charge is 0.466 e. The molecule has 10 heteroatoms. The van der Waals surface area contributed by atoms with Gasteiger partial charge in [-0.2, -0.15) is 5.26 Å². The number of amides is 1. The number of carbonyl (C=O) groups is 2. The molecule has 1 atom stereocenters. The number of benzene rings is 1. The van der Waals surface area contributed by atoms with Crippen molar-refractivity contribution in [2.45, 2.75) is 40.2 Å². The van der Waals surface area contributed by atoms with Gasteiger partial charge in [0.25, 0.3) is 11.5 Å². The smallest absolute Gasteiger partial charge is 0.310 e. The highest BCUT2D eigenvalue weighted by molar-refractivity contribution is 8.26. The lowest BCUT2D eigenvalue weighted by Gasteiger charge is -2.35. The maximum atomic E-state index is 13.5. The zero-order chi connectivity index (χ0) is 27.6. The Balaban J connectivity index is 1.75. The number of nitriles is 1. The molecule has 2 saturated heterocycles. The van der Waals surface area contributed by atoms with E-state index in [0.717, 1.165) is 17.5 Å². The molecule has 8 nitrogen and oxygen atoms in total. The fraction of sp³-hybridized carbons (Fsp3) is 0.393. The number of thioether (sulfide) groups is 1. The molecule has 0 N–H and O–H groups in total. The number of esters is 1. The first-order valence-corrected chi connectivity index (χ1v) is 13.7. The predicted molar refractivity (Wildman–Crippen MR) is 153 cm³/mol. The molecule has 2 fully saturated rings. The summed E-state index contributed by atoms with van der Waals surface area (Å²) in [5.41, 5.74) is 2.81. The molecule has 0 aliphatic carbocycles. The maximum Gasteiger partial charge on any atom is 0.310 e. The van der Waals surface area contributed by atoms with Crippen LogP contribution in [-0.4, -0.2) is 45.4 Å². The Bertz CT molecular complexity index is 1420. The fourth-order valence-corrected chi connectivity index (χ4v) is 6.10. The van der Waals surface area contributed by atoms with E-state index in [1.807, 2.05) is 42.2 Å². The second-order valence-corrected chi connectivity index (χ2v) is 11.2. The summed E-state index contributed by atoms with van der Waals surface area (Å²) in [6.07, 6.45) is 3.17. The Morgan fingerprint density at radius 3 is 2.63 bits per heavy atom. The quantitative estimate of drug-likeness (QED) is 0.302. The first-order valence-electron chi connectivity index (χ1n) is 12.5. The number of anilines is 1. The molecule has 2 aliphatic heterocycles. The topological polar surface area (TPSA) is 95.6 Å². The van der Waals surface area contributed by atoms with Crippen molar-refractivity contribution in [2.24, 2.45) is 13.0 Å². The van der Waals surface area contributed by atoms with Gasteiger partial charge in [-0.1, -0.05) is 53.8 Å². The number of carbonyl (C=O) groups excluding carboxylic acids is 2. The van der Waals surface area contributed by atoms with Gasteiger partial charge in [0.15, 0.2) is 0 Å². The first kappa shape index (κ1) is 27.6. The standard InChI is InChI=1S/C28H30N4O4S2/c1-5-36-27(35)20-7-6-12-31(16-20)24-21(18(3)22(14-29)25(33)30(24)4)13-23-26(34)32(28(37)38-23)15-19-10-8-17(2)9-11-19/h8-11,13,20H,5-7,12,15-16H2,1-4H3/b23-13+. The number of pyridine rings is 1. The van der Waals surface area contributed by atoms with Gasteiger partial charge in [0.05, 0.1) is 24.0 Å². The second kappa shape index (κ2) is 11.5. The fourth-order valence-electron chi connectivity index (χ4n) is 4.86. The lowest BCUT2D eigenvalue weighted by molar-refractivity contribution is -0.148. The summed E-state index contributed by atoms with van der Waals surface area (Å²) < 4.78 is 7.15. The highest BCUT2D eigenvalue weighted by Gasteiger charge is 2.34. The van der Waals surface area contributed by atoms with Crippen molar-refractivity contribution in [3.63, 3.8) is 0 Å². The van der Waals surface area contributed by atoms with Crippen LogP contribution in [0.25, 0.3) is 6.08 Å². The Labute approximate surface area is 231 Å². The molecule has 3 heterocycles. The van der Waals surface area contributed by atoms with Crippen LogP contribution >= 0.6 is 24.0 Å². The van der Waals surface area contributed by atoms with Gasteiger partial charge in [0, 0.05) is 25.7 Å². The molecular formula is C28H30N4O4S2. The maximum absolute atomic E-state index is 13.5. The summed E-state index contributed by atoms with van der Waals surface area (Å²) in [6, 6.07) is 9.96. The number of aryl methyl sites for hydroxylation is 1. The van der Waals surface area contributed by atoms with Crippen LogP contribution in [0.5, 0.6) is 0 Å². The van der Waals surface area contributed by atoms with Crippen LogP contribution in [0.2, 0.25) is 0 Å². The summed E-state index contributed by atoms with van der Waals surface area (Å²) in [6.45, 7) is 7.18. The highest BCUT2D eigenvalue weighted by Crippen LogP contribution is 2.37. The number of rotatable bonds is 6. The van der Waals surface area contributed by atoms with E-state index >= 15 is 0 Å². The highest BCUT2D eigenvalue weighted by atomic mass is 32.2.